The number of rotatable bonds is 1. The van der Waals surface area contributed by atoms with Crippen LogP contribution >= 0.6 is 0 Å². The Labute approximate surface area is 55.4 Å². The van der Waals surface area contributed by atoms with E-state index >= 15 is 0 Å². The van der Waals surface area contributed by atoms with E-state index in [-0.39, 0.29) is 5.92 Å². The van der Waals surface area contributed by atoms with Crippen molar-refractivity contribution in [2.45, 2.75) is 6.42 Å². The highest BCUT2D eigenvalue weighted by Gasteiger charge is 2.18. The van der Waals surface area contributed by atoms with Crippen LogP contribution in [0.1, 0.15) is 6.42 Å². The Hall–Kier alpha value is -0.970. The van der Waals surface area contributed by atoms with Gasteiger partial charge in [-0.1, -0.05) is 6.58 Å². The summed E-state index contributed by atoms with van der Waals surface area (Å²) in [5, 5.41) is 8.47. The van der Waals surface area contributed by atoms with E-state index in [9.17, 15) is 0 Å². The molecule has 2 heteroatoms. The van der Waals surface area contributed by atoms with Crippen molar-refractivity contribution in [3.63, 3.8) is 0 Å². The molecular weight excluding hydrogens is 112 g/mol. The van der Waals surface area contributed by atoms with Crippen LogP contribution in [-0.4, -0.2) is 18.0 Å². The Morgan fingerprint density at radius 3 is 2.89 bits per heavy atom. The predicted molar refractivity (Wildman–Crippen MR) is 35.5 cm³/mol. The number of hydrogen-bond acceptors (Lipinski definition) is 2. The summed E-state index contributed by atoms with van der Waals surface area (Å²) in [6.07, 6.45) is 2.81. The molecule has 2 nitrogen and oxygen atoms in total. The SMILES string of the molecule is C=CN1CCC(C#N)C1. The van der Waals surface area contributed by atoms with Gasteiger partial charge in [0.15, 0.2) is 0 Å². The fourth-order valence-electron chi connectivity index (χ4n) is 1.06. The van der Waals surface area contributed by atoms with Gasteiger partial charge in [0.05, 0.1) is 12.0 Å². The summed E-state index contributed by atoms with van der Waals surface area (Å²) in [4.78, 5) is 2.08. The van der Waals surface area contributed by atoms with E-state index in [1.54, 1.807) is 6.20 Å². The lowest BCUT2D eigenvalue weighted by molar-refractivity contribution is 0.459. The maximum Gasteiger partial charge on any atom is 0.0675 e. The number of nitrogens with zero attached hydrogens (tertiary/aromatic N) is 2. The minimum atomic E-state index is 0.239. The molecule has 1 saturated heterocycles. The minimum Gasteiger partial charge on any atom is -0.377 e. The second kappa shape index (κ2) is 2.54. The first-order chi connectivity index (χ1) is 4.36. The average molecular weight is 122 g/mol. The lowest BCUT2D eigenvalue weighted by Crippen LogP contribution is -2.11. The van der Waals surface area contributed by atoms with Gasteiger partial charge in [0.1, 0.15) is 0 Å². The topological polar surface area (TPSA) is 27.0 Å². The molecule has 1 aliphatic heterocycles. The van der Waals surface area contributed by atoms with E-state index in [2.05, 4.69) is 17.5 Å². The highest BCUT2D eigenvalue weighted by molar-refractivity contribution is 4.93. The third kappa shape index (κ3) is 1.23. The van der Waals surface area contributed by atoms with Crippen LogP contribution in [0.2, 0.25) is 0 Å². The predicted octanol–water partition coefficient (Wildman–Crippen LogP) is 0.975. The third-order valence-corrected chi connectivity index (χ3v) is 1.66. The van der Waals surface area contributed by atoms with Gasteiger partial charge in [-0.15, -0.1) is 0 Å². The van der Waals surface area contributed by atoms with Gasteiger partial charge in [0.25, 0.3) is 0 Å². The van der Waals surface area contributed by atoms with Crippen LogP contribution in [-0.2, 0) is 0 Å². The summed E-state index contributed by atoms with van der Waals surface area (Å²) < 4.78 is 0. The molecule has 1 rings (SSSR count). The Balaban J connectivity index is 2.39. The lowest BCUT2D eigenvalue weighted by atomic mass is 10.1. The van der Waals surface area contributed by atoms with Crippen LogP contribution < -0.4 is 0 Å². The van der Waals surface area contributed by atoms with Crippen LogP contribution in [0.25, 0.3) is 0 Å². The standard InChI is InChI=1S/C7H10N2/c1-2-9-4-3-7(5-8)6-9/h2,7H,1,3-4,6H2. The molecule has 0 aromatic heterocycles. The molecule has 0 aromatic rings. The van der Waals surface area contributed by atoms with Crippen molar-refractivity contribution in [3.05, 3.63) is 12.8 Å². The van der Waals surface area contributed by atoms with Crippen LogP contribution in [0.5, 0.6) is 0 Å². The molecule has 1 heterocycles. The molecule has 0 spiro atoms. The molecule has 0 radical (unpaired) electrons. The summed E-state index contributed by atoms with van der Waals surface area (Å²) >= 11 is 0. The molecule has 0 aromatic carbocycles. The van der Waals surface area contributed by atoms with Gasteiger partial charge >= 0.3 is 0 Å². The van der Waals surface area contributed by atoms with E-state index in [4.69, 9.17) is 5.26 Å². The lowest BCUT2D eigenvalue weighted by Gasteiger charge is -2.08. The fourth-order valence-corrected chi connectivity index (χ4v) is 1.06. The molecule has 0 saturated carbocycles. The first-order valence-electron chi connectivity index (χ1n) is 3.13. The first kappa shape index (κ1) is 6.15. The monoisotopic (exact) mass is 122 g/mol. The van der Waals surface area contributed by atoms with Gasteiger partial charge in [-0.25, -0.2) is 0 Å². The van der Waals surface area contributed by atoms with Crippen LogP contribution in [0, 0.1) is 17.2 Å². The van der Waals surface area contributed by atoms with Crippen molar-refractivity contribution in [2.75, 3.05) is 13.1 Å². The van der Waals surface area contributed by atoms with Crippen molar-refractivity contribution in [1.82, 2.24) is 4.90 Å². The van der Waals surface area contributed by atoms with Crippen molar-refractivity contribution in [1.29, 1.82) is 5.26 Å². The normalized spacial score (nSPS) is 25.7. The Morgan fingerprint density at radius 2 is 2.56 bits per heavy atom. The summed E-state index contributed by atoms with van der Waals surface area (Å²) in [5.41, 5.74) is 0. The zero-order valence-electron chi connectivity index (χ0n) is 5.38. The molecule has 1 atom stereocenters. The molecule has 0 N–H and O–H groups in total. The Kier molecular flexibility index (Phi) is 1.74. The van der Waals surface area contributed by atoms with E-state index in [0.717, 1.165) is 19.5 Å². The molecule has 0 bridgehead atoms. The summed E-state index contributed by atoms with van der Waals surface area (Å²) in [5.74, 6) is 0.239. The second-order valence-electron chi connectivity index (χ2n) is 2.29. The molecule has 48 valence electrons. The zero-order chi connectivity index (χ0) is 6.69. The van der Waals surface area contributed by atoms with E-state index in [0.29, 0.717) is 0 Å². The van der Waals surface area contributed by atoms with Crippen molar-refractivity contribution in [3.8, 4) is 6.07 Å². The van der Waals surface area contributed by atoms with Crippen molar-refractivity contribution < 1.29 is 0 Å². The number of nitriles is 1. The van der Waals surface area contributed by atoms with Crippen molar-refractivity contribution in [2.24, 2.45) is 5.92 Å². The van der Waals surface area contributed by atoms with Crippen LogP contribution in [0.4, 0.5) is 0 Å². The summed E-state index contributed by atoms with van der Waals surface area (Å²) in [6, 6.07) is 2.24. The molecule has 1 aliphatic rings. The largest absolute Gasteiger partial charge is 0.377 e. The van der Waals surface area contributed by atoms with Gasteiger partial charge in [0.2, 0.25) is 0 Å². The average Bonchev–Trinajstić information content (AvgIpc) is 2.34. The quantitative estimate of drug-likeness (QED) is 0.518. The van der Waals surface area contributed by atoms with Crippen molar-refractivity contribution >= 4 is 0 Å². The fraction of sp³-hybridized carbons (Fsp3) is 0.571. The van der Waals surface area contributed by atoms with Gasteiger partial charge in [-0.2, -0.15) is 5.26 Å². The van der Waals surface area contributed by atoms with E-state index in [1.807, 2.05) is 0 Å². The first-order valence-corrected chi connectivity index (χ1v) is 3.13. The highest BCUT2D eigenvalue weighted by atomic mass is 15.1. The molecule has 0 aliphatic carbocycles. The second-order valence-corrected chi connectivity index (χ2v) is 2.29. The third-order valence-electron chi connectivity index (χ3n) is 1.66. The number of hydrogen-bond donors (Lipinski definition) is 0. The maximum atomic E-state index is 8.47. The highest BCUT2D eigenvalue weighted by Crippen LogP contribution is 2.13. The van der Waals surface area contributed by atoms with E-state index in [1.165, 1.54) is 0 Å². The Bertz CT molecular complexity index is 145. The zero-order valence-corrected chi connectivity index (χ0v) is 5.38. The Morgan fingerprint density at radius 1 is 1.78 bits per heavy atom. The number of likely N-dealkylation sites (tertiary alicyclic amines) is 1. The molecular formula is C7H10N2. The molecule has 0 amide bonds. The molecule has 1 unspecified atom stereocenters. The smallest absolute Gasteiger partial charge is 0.0675 e. The van der Waals surface area contributed by atoms with Crippen LogP contribution in [0.15, 0.2) is 12.8 Å². The van der Waals surface area contributed by atoms with Gasteiger partial charge < -0.3 is 4.90 Å². The van der Waals surface area contributed by atoms with Gasteiger partial charge in [0, 0.05) is 13.1 Å². The van der Waals surface area contributed by atoms with Crippen LogP contribution in [0.3, 0.4) is 0 Å². The summed E-state index contributed by atoms with van der Waals surface area (Å²) in [7, 11) is 0. The van der Waals surface area contributed by atoms with Gasteiger partial charge in [-0.05, 0) is 12.6 Å². The van der Waals surface area contributed by atoms with E-state index < -0.39 is 0 Å². The molecule has 9 heavy (non-hydrogen) atoms. The van der Waals surface area contributed by atoms with Gasteiger partial charge in [-0.3, -0.25) is 0 Å². The maximum absolute atomic E-state index is 8.47. The summed E-state index contributed by atoms with van der Waals surface area (Å²) in [6.45, 7) is 5.50. The molecule has 1 fully saturated rings. The minimum absolute atomic E-state index is 0.239.